The van der Waals surface area contributed by atoms with Crippen LogP contribution in [0, 0.1) is 10.1 Å². The standard InChI is InChI=1S/C14H22N2O3S/c1-5-12(9-20-4)15(3)13-7-6-11(10(2)17)8-14(13)16(18)19/h6-8,10,12,17H,5,9H2,1-4H3/t10-,12?/m0/s1. The number of rotatable bonds is 7. The summed E-state index contributed by atoms with van der Waals surface area (Å²) in [5, 5.41) is 20.8. The van der Waals surface area contributed by atoms with Gasteiger partial charge in [0.25, 0.3) is 5.69 Å². The summed E-state index contributed by atoms with van der Waals surface area (Å²) in [4.78, 5) is 12.8. The van der Waals surface area contributed by atoms with Gasteiger partial charge in [0.1, 0.15) is 5.69 Å². The summed E-state index contributed by atoms with van der Waals surface area (Å²) in [6.07, 6.45) is 2.25. The summed E-state index contributed by atoms with van der Waals surface area (Å²) in [5.41, 5.74) is 1.21. The lowest BCUT2D eigenvalue weighted by atomic mass is 10.1. The Morgan fingerprint density at radius 2 is 2.15 bits per heavy atom. The monoisotopic (exact) mass is 298 g/mol. The van der Waals surface area contributed by atoms with Crippen LogP contribution in [0.1, 0.15) is 31.9 Å². The topological polar surface area (TPSA) is 66.6 Å². The molecule has 0 spiro atoms. The molecule has 6 heteroatoms. The molecule has 0 bridgehead atoms. The number of nitro benzene ring substituents is 1. The van der Waals surface area contributed by atoms with E-state index in [0.717, 1.165) is 12.2 Å². The Hall–Kier alpha value is -1.27. The molecule has 0 radical (unpaired) electrons. The van der Waals surface area contributed by atoms with Crippen LogP contribution in [-0.2, 0) is 0 Å². The molecule has 0 amide bonds. The molecule has 2 atom stereocenters. The van der Waals surface area contributed by atoms with Crippen molar-refractivity contribution in [2.45, 2.75) is 32.4 Å². The van der Waals surface area contributed by atoms with E-state index in [-0.39, 0.29) is 16.7 Å². The normalized spacial score (nSPS) is 13.8. The van der Waals surface area contributed by atoms with Crippen LogP contribution in [0.4, 0.5) is 11.4 Å². The van der Waals surface area contributed by atoms with Gasteiger partial charge in [0.05, 0.1) is 11.0 Å². The Labute approximate surface area is 124 Å². The fourth-order valence-corrected chi connectivity index (χ4v) is 2.98. The molecule has 0 aliphatic rings. The number of thioether (sulfide) groups is 1. The van der Waals surface area contributed by atoms with Crippen LogP contribution >= 0.6 is 11.8 Å². The van der Waals surface area contributed by atoms with Crippen molar-refractivity contribution >= 4 is 23.1 Å². The first kappa shape index (κ1) is 16.8. The molecule has 0 heterocycles. The highest BCUT2D eigenvalue weighted by molar-refractivity contribution is 7.98. The van der Waals surface area contributed by atoms with Gasteiger partial charge in [0.15, 0.2) is 0 Å². The highest BCUT2D eigenvalue weighted by Crippen LogP contribution is 2.32. The lowest BCUT2D eigenvalue weighted by Gasteiger charge is -2.28. The Morgan fingerprint density at radius 3 is 2.60 bits per heavy atom. The molecule has 1 unspecified atom stereocenters. The van der Waals surface area contributed by atoms with E-state index in [1.807, 2.05) is 18.2 Å². The highest BCUT2D eigenvalue weighted by atomic mass is 32.2. The molecule has 0 saturated heterocycles. The summed E-state index contributed by atoms with van der Waals surface area (Å²) in [5.74, 6) is 0.919. The van der Waals surface area contributed by atoms with Gasteiger partial charge in [-0.1, -0.05) is 13.0 Å². The zero-order chi connectivity index (χ0) is 15.3. The van der Waals surface area contributed by atoms with Crippen molar-refractivity contribution in [2.75, 3.05) is 24.0 Å². The zero-order valence-electron chi connectivity index (χ0n) is 12.4. The van der Waals surface area contributed by atoms with Gasteiger partial charge in [-0.15, -0.1) is 0 Å². The van der Waals surface area contributed by atoms with Crippen LogP contribution in [0.15, 0.2) is 18.2 Å². The maximum absolute atomic E-state index is 11.3. The van der Waals surface area contributed by atoms with Crippen LogP contribution in [0.2, 0.25) is 0 Å². The minimum atomic E-state index is -0.707. The number of hydrogen-bond donors (Lipinski definition) is 1. The molecule has 1 aromatic carbocycles. The summed E-state index contributed by atoms with van der Waals surface area (Å²) in [6.45, 7) is 3.68. The van der Waals surface area contributed by atoms with Gasteiger partial charge in [0, 0.05) is 24.9 Å². The van der Waals surface area contributed by atoms with Crippen molar-refractivity contribution in [3.05, 3.63) is 33.9 Å². The number of anilines is 1. The predicted octanol–water partition coefficient (Wildman–Crippen LogP) is 3.23. The highest BCUT2D eigenvalue weighted by Gasteiger charge is 2.23. The fraction of sp³-hybridized carbons (Fsp3) is 0.571. The summed E-state index contributed by atoms with van der Waals surface area (Å²) >= 11 is 1.73. The van der Waals surface area contributed by atoms with Crippen molar-refractivity contribution in [2.24, 2.45) is 0 Å². The number of hydrogen-bond acceptors (Lipinski definition) is 5. The Morgan fingerprint density at radius 1 is 1.50 bits per heavy atom. The van der Waals surface area contributed by atoms with Crippen LogP contribution < -0.4 is 4.90 Å². The maximum atomic E-state index is 11.3. The van der Waals surface area contributed by atoms with E-state index in [4.69, 9.17) is 0 Å². The molecule has 20 heavy (non-hydrogen) atoms. The quantitative estimate of drug-likeness (QED) is 0.618. The molecular weight excluding hydrogens is 276 g/mol. The number of aliphatic hydroxyl groups excluding tert-OH is 1. The molecule has 112 valence electrons. The zero-order valence-corrected chi connectivity index (χ0v) is 13.2. The summed E-state index contributed by atoms with van der Waals surface area (Å²) in [7, 11) is 1.88. The van der Waals surface area contributed by atoms with E-state index in [9.17, 15) is 15.2 Å². The second-order valence-corrected chi connectivity index (χ2v) is 5.72. The lowest BCUT2D eigenvalue weighted by Crippen LogP contribution is -2.33. The van der Waals surface area contributed by atoms with E-state index in [2.05, 4.69) is 6.92 Å². The Balaban J connectivity index is 3.19. The molecule has 1 rings (SSSR count). The van der Waals surface area contributed by atoms with Gasteiger partial charge in [-0.05, 0) is 31.2 Å². The lowest BCUT2D eigenvalue weighted by molar-refractivity contribution is -0.384. The average molecular weight is 298 g/mol. The molecule has 1 N–H and O–H groups in total. The van der Waals surface area contributed by atoms with Crippen molar-refractivity contribution < 1.29 is 10.0 Å². The van der Waals surface area contributed by atoms with Crippen molar-refractivity contribution in [1.82, 2.24) is 0 Å². The number of nitrogens with zero attached hydrogens (tertiary/aromatic N) is 2. The molecule has 0 aliphatic heterocycles. The largest absolute Gasteiger partial charge is 0.389 e. The molecule has 0 aromatic heterocycles. The minimum absolute atomic E-state index is 0.0467. The SMILES string of the molecule is CCC(CSC)N(C)c1ccc([C@H](C)O)cc1[N+](=O)[O-]. The van der Waals surface area contributed by atoms with Gasteiger partial charge in [-0.3, -0.25) is 10.1 Å². The van der Waals surface area contributed by atoms with E-state index >= 15 is 0 Å². The van der Waals surface area contributed by atoms with Crippen LogP contribution in [0.5, 0.6) is 0 Å². The van der Waals surface area contributed by atoms with E-state index in [1.165, 1.54) is 6.07 Å². The van der Waals surface area contributed by atoms with E-state index in [0.29, 0.717) is 11.3 Å². The first-order valence-electron chi connectivity index (χ1n) is 6.60. The Bertz CT molecular complexity index is 466. The van der Waals surface area contributed by atoms with Gasteiger partial charge in [-0.25, -0.2) is 0 Å². The predicted molar refractivity (Wildman–Crippen MR) is 84.6 cm³/mol. The third-order valence-electron chi connectivity index (χ3n) is 3.44. The average Bonchev–Trinajstić information content (AvgIpc) is 2.43. The smallest absolute Gasteiger partial charge is 0.292 e. The van der Waals surface area contributed by atoms with Crippen LogP contribution in [0.3, 0.4) is 0 Å². The molecule has 5 nitrogen and oxygen atoms in total. The van der Waals surface area contributed by atoms with Gasteiger partial charge in [-0.2, -0.15) is 11.8 Å². The van der Waals surface area contributed by atoms with E-state index in [1.54, 1.807) is 30.8 Å². The van der Waals surface area contributed by atoms with Gasteiger partial charge >= 0.3 is 0 Å². The summed E-state index contributed by atoms with van der Waals surface area (Å²) in [6, 6.07) is 5.18. The second-order valence-electron chi connectivity index (χ2n) is 4.81. The molecule has 0 saturated carbocycles. The minimum Gasteiger partial charge on any atom is -0.389 e. The van der Waals surface area contributed by atoms with Gasteiger partial charge < -0.3 is 10.0 Å². The first-order chi connectivity index (χ1) is 9.42. The third kappa shape index (κ3) is 3.86. The van der Waals surface area contributed by atoms with Crippen molar-refractivity contribution in [3.63, 3.8) is 0 Å². The third-order valence-corrected chi connectivity index (χ3v) is 4.15. The van der Waals surface area contributed by atoms with Crippen LogP contribution in [0.25, 0.3) is 0 Å². The Kier molecular flexibility index (Phi) is 6.29. The summed E-state index contributed by atoms with van der Waals surface area (Å²) < 4.78 is 0. The fourth-order valence-electron chi connectivity index (χ4n) is 2.14. The molecule has 0 aliphatic carbocycles. The number of nitro groups is 1. The molecule has 1 aromatic rings. The molecule has 0 fully saturated rings. The number of aliphatic hydroxyl groups is 1. The first-order valence-corrected chi connectivity index (χ1v) is 7.99. The van der Waals surface area contributed by atoms with Crippen molar-refractivity contribution in [1.29, 1.82) is 0 Å². The number of benzene rings is 1. The molecular formula is C14H22N2O3S. The van der Waals surface area contributed by atoms with Crippen molar-refractivity contribution in [3.8, 4) is 0 Å². The second kappa shape index (κ2) is 7.50. The maximum Gasteiger partial charge on any atom is 0.292 e. The van der Waals surface area contributed by atoms with E-state index < -0.39 is 6.10 Å². The van der Waals surface area contributed by atoms with Crippen LogP contribution in [-0.4, -0.2) is 35.1 Å². The van der Waals surface area contributed by atoms with Gasteiger partial charge in [0.2, 0.25) is 0 Å².